The van der Waals surface area contributed by atoms with Crippen LogP contribution in [-0.4, -0.2) is 18.4 Å². The molecular weight excluding hydrogens is 264 g/mol. The topological polar surface area (TPSA) is 58.2 Å². The molecule has 1 aliphatic carbocycles. The molecule has 2 amide bonds. The van der Waals surface area contributed by atoms with Gasteiger partial charge in [0.1, 0.15) is 0 Å². The van der Waals surface area contributed by atoms with E-state index in [-0.39, 0.29) is 11.8 Å². The molecule has 0 heterocycles. The first-order valence-corrected chi connectivity index (χ1v) is 7.81. The van der Waals surface area contributed by atoms with E-state index in [2.05, 4.69) is 10.6 Å². The summed E-state index contributed by atoms with van der Waals surface area (Å²) >= 11 is 0. The second-order valence-corrected chi connectivity index (χ2v) is 5.81. The van der Waals surface area contributed by atoms with Gasteiger partial charge in [0.25, 0.3) is 5.91 Å². The number of carbonyl (C=O) groups excluding carboxylic acids is 2. The van der Waals surface area contributed by atoms with E-state index in [1.807, 2.05) is 0 Å². The fourth-order valence-electron chi connectivity index (χ4n) is 2.90. The van der Waals surface area contributed by atoms with E-state index in [9.17, 15) is 9.59 Å². The van der Waals surface area contributed by atoms with Crippen molar-refractivity contribution < 1.29 is 9.59 Å². The number of amides is 2. The Bertz CT molecular complexity index is 476. The Hall–Kier alpha value is -1.84. The number of benzene rings is 1. The number of anilines is 1. The minimum atomic E-state index is -0.112. The number of hydrogen-bond donors (Lipinski definition) is 2. The van der Waals surface area contributed by atoms with E-state index in [0.29, 0.717) is 11.3 Å². The van der Waals surface area contributed by atoms with Crippen molar-refractivity contribution in [3.8, 4) is 0 Å². The second kappa shape index (κ2) is 7.81. The lowest BCUT2D eigenvalue weighted by molar-refractivity contribution is -0.114. The van der Waals surface area contributed by atoms with Gasteiger partial charge < -0.3 is 10.6 Å². The standard InChI is InChI=1S/C17H24N2O2/c1-13(20)19-16-10-8-15(9-11-16)17(21)18-12-4-7-14-5-2-3-6-14/h8-11,14H,2-7,12H2,1H3,(H,18,21)(H,19,20). The SMILES string of the molecule is CC(=O)Nc1ccc(C(=O)NCCCC2CCCC2)cc1. The van der Waals surface area contributed by atoms with Crippen LogP contribution < -0.4 is 10.6 Å². The summed E-state index contributed by atoms with van der Waals surface area (Å²) in [4.78, 5) is 22.9. The molecule has 1 aliphatic rings. The third kappa shape index (κ3) is 5.21. The highest BCUT2D eigenvalue weighted by Crippen LogP contribution is 2.28. The zero-order valence-electron chi connectivity index (χ0n) is 12.7. The van der Waals surface area contributed by atoms with Crippen molar-refractivity contribution >= 4 is 17.5 Å². The first-order valence-electron chi connectivity index (χ1n) is 7.81. The fraction of sp³-hybridized carbons (Fsp3) is 0.529. The summed E-state index contributed by atoms with van der Waals surface area (Å²) in [5.74, 6) is 0.716. The van der Waals surface area contributed by atoms with Gasteiger partial charge in [0, 0.05) is 24.7 Å². The van der Waals surface area contributed by atoms with Crippen LogP contribution in [0.3, 0.4) is 0 Å². The molecule has 0 bridgehead atoms. The summed E-state index contributed by atoms with van der Waals surface area (Å²) in [6.07, 6.45) is 7.74. The molecule has 0 aromatic heterocycles. The third-order valence-corrected chi connectivity index (χ3v) is 4.02. The average Bonchev–Trinajstić information content (AvgIpc) is 2.97. The van der Waals surface area contributed by atoms with Crippen molar-refractivity contribution in [1.82, 2.24) is 5.32 Å². The van der Waals surface area contributed by atoms with Crippen LogP contribution in [-0.2, 0) is 4.79 Å². The van der Waals surface area contributed by atoms with Gasteiger partial charge in [-0.05, 0) is 43.0 Å². The summed E-state index contributed by atoms with van der Waals surface area (Å²) in [6.45, 7) is 2.20. The molecule has 1 aromatic carbocycles. The van der Waals surface area contributed by atoms with E-state index in [4.69, 9.17) is 0 Å². The molecule has 1 fully saturated rings. The lowest BCUT2D eigenvalue weighted by Crippen LogP contribution is -2.24. The average molecular weight is 288 g/mol. The van der Waals surface area contributed by atoms with Crippen molar-refractivity contribution in [2.24, 2.45) is 5.92 Å². The van der Waals surface area contributed by atoms with Crippen LogP contribution in [0.5, 0.6) is 0 Å². The molecule has 2 N–H and O–H groups in total. The van der Waals surface area contributed by atoms with E-state index in [1.165, 1.54) is 39.0 Å². The smallest absolute Gasteiger partial charge is 0.251 e. The van der Waals surface area contributed by atoms with Crippen LogP contribution >= 0.6 is 0 Å². The van der Waals surface area contributed by atoms with E-state index >= 15 is 0 Å². The highest BCUT2D eigenvalue weighted by Gasteiger charge is 2.14. The lowest BCUT2D eigenvalue weighted by atomic mass is 10.0. The van der Waals surface area contributed by atoms with Crippen molar-refractivity contribution in [3.63, 3.8) is 0 Å². The van der Waals surface area contributed by atoms with Gasteiger partial charge >= 0.3 is 0 Å². The Morgan fingerprint density at radius 1 is 1.14 bits per heavy atom. The largest absolute Gasteiger partial charge is 0.352 e. The first kappa shape index (κ1) is 15.5. The Morgan fingerprint density at radius 3 is 2.43 bits per heavy atom. The van der Waals surface area contributed by atoms with E-state index < -0.39 is 0 Å². The molecule has 114 valence electrons. The summed E-state index contributed by atoms with van der Waals surface area (Å²) in [7, 11) is 0. The monoisotopic (exact) mass is 288 g/mol. The highest BCUT2D eigenvalue weighted by atomic mass is 16.2. The van der Waals surface area contributed by atoms with Crippen LogP contribution in [0.1, 0.15) is 55.8 Å². The Labute approximate surface area is 126 Å². The fourth-order valence-corrected chi connectivity index (χ4v) is 2.90. The van der Waals surface area contributed by atoms with Crippen molar-refractivity contribution in [2.45, 2.75) is 45.4 Å². The number of hydrogen-bond acceptors (Lipinski definition) is 2. The van der Waals surface area contributed by atoms with Gasteiger partial charge in [-0.1, -0.05) is 25.7 Å². The van der Waals surface area contributed by atoms with Crippen LogP contribution in [0.2, 0.25) is 0 Å². The molecule has 0 atom stereocenters. The second-order valence-electron chi connectivity index (χ2n) is 5.81. The van der Waals surface area contributed by atoms with Gasteiger partial charge in [0.15, 0.2) is 0 Å². The van der Waals surface area contributed by atoms with Crippen molar-refractivity contribution in [2.75, 3.05) is 11.9 Å². The van der Waals surface area contributed by atoms with Crippen LogP contribution in [0, 0.1) is 5.92 Å². The van der Waals surface area contributed by atoms with Gasteiger partial charge in [-0.25, -0.2) is 0 Å². The molecule has 4 heteroatoms. The molecule has 2 rings (SSSR count). The van der Waals surface area contributed by atoms with Crippen molar-refractivity contribution in [1.29, 1.82) is 0 Å². The molecule has 0 radical (unpaired) electrons. The van der Waals surface area contributed by atoms with Gasteiger partial charge in [0.2, 0.25) is 5.91 Å². The third-order valence-electron chi connectivity index (χ3n) is 4.02. The molecule has 21 heavy (non-hydrogen) atoms. The van der Waals surface area contributed by atoms with E-state index in [0.717, 1.165) is 18.9 Å². The number of rotatable bonds is 6. The highest BCUT2D eigenvalue weighted by molar-refractivity contribution is 5.95. The number of nitrogens with one attached hydrogen (secondary N) is 2. The maximum atomic E-state index is 12.0. The molecule has 0 spiro atoms. The maximum Gasteiger partial charge on any atom is 0.251 e. The Balaban J connectivity index is 1.71. The molecule has 0 aliphatic heterocycles. The zero-order chi connectivity index (χ0) is 15.1. The summed E-state index contributed by atoms with van der Waals surface area (Å²) in [5, 5.41) is 5.64. The van der Waals surface area contributed by atoms with Crippen LogP contribution in [0.25, 0.3) is 0 Å². The molecule has 0 saturated heterocycles. The van der Waals surface area contributed by atoms with Crippen LogP contribution in [0.4, 0.5) is 5.69 Å². The zero-order valence-corrected chi connectivity index (χ0v) is 12.7. The molecule has 0 unspecified atom stereocenters. The molecule has 1 aromatic rings. The predicted octanol–water partition coefficient (Wildman–Crippen LogP) is 3.35. The van der Waals surface area contributed by atoms with Gasteiger partial charge in [0.05, 0.1) is 0 Å². The van der Waals surface area contributed by atoms with Gasteiger partial charge in [-0.3, -0.25) is 9.59 Å². The quantitative estimate of drug-likeness (QED) is 0.789. The van der Waals surface area contributed by atoms with E-state index in [1.54, 1.807) is 24.3 Å². The van der Waals surface area contributed by atoms with Crippen LogP contribution in [0.15, 0.2) is 24.3 Å². The minimum absolute atomic E-state index is 0.0456. The molecule has 4 nitrogen and oxygen atoms in total. The van der Waals surface area contributed by atoms with Gasteiger partial charge in [-0.2, -0.15) is 0 Å². The Kier molecular flexibility index (Phi) is 5.78. The van der Waals surface area contributed by atoms with Crippen molar-refractivity contribution in [3.05, 3.63) is 29.8 Å². The Morgan fingerprint density at radius 2 is 1.81 bits per heavy atom. The molecular formula is C17H24N2O2. The summed E-state index contributed by atoms with van der Waals surface area (Å²) < 4.78 is 0. The summed E-state index contributed by atoms with van der Waals surface area (Å²) in [6, 6.07) is 6.96. The molecule has 1 saturated carbocycles. The maximum absolute atomic E-state index is 12.0. The van der Waals surface area contributed by atoms with Gasteiger partial charge in [-0.15, -0.1) is 0 Å². The number of carbonyl (C=O) groups is 2. The normalized spacial score (nSPS) is 14.9. The predicted molar refractivity (Wildman–Crippen MR) is 84.3 cm³/mol. The minimum Gasteiger partial charge on any atom is -0.352 e. The summed E-state index contributed by atoms with van der Waals surface area (Å²) in [5.41, 5.74) is 1.34. The first-order chi connectivity index (χ1) is 10.1. The lowest BCUT2D eigenvalue weighted by Gasteiger charge is -2.09.